The van der Waals surface area contributed by atoms with Crippen molar-refractivity contribution in [2.75, 3.05) is 0 Å². The second-order valence-corrected chi connectivity index (χ2v) is 2.76. The molecule has 66 valence electrons. The molecule has 1 rings (SSSR count). The zero-order valence-electron chi connectivity index (χ0n) is 7.20. The Morgan fingerprint density at radius 3 is 3.00 bits per heavy atom. The Labute approximate surface area is 72.2 Å². The molecule has 3 N–H and O–H groups in total. The summed E-state index contributed by atoms with van der Waals surface area (Å²) in [5, 5.41) is 8.85. The molecule has 0 unspecified atom stereocenters. The molecule has 3 nitrogen and oxygen atoms in total. The molecule has 0 saturated carbocycles. The third-order valence-corrected chi connectivity index (χ3v) is 1.85. The molecule has 0 spiro atoms. The number of nitrogens with zero attached hydrogens (tertiary/aromatic N) is 1. The zero-order chi connectivity index (χ0) is 8.97. The molecule has 0 amide bonds. The number of nitrogens with two attached hydrogens (primary N) is 1. The molecular formula is C9H14N2O. The molecule has 1 aromatic heterocycles. The minimum atomic E-state index is -0.0171. The van der Waals surface area contributed by atoms with E-state index in [1.165, 1.54) is 0 Å². The summed E-state index contributed by atoms with van der Waals surface area (Å²) >= 11 is 0. The summed E-state index contributed by atoms with van der Waals surface area (Å²) in [6.07, 6.45) is 2.54. The Balaban J connectivity index is 2.86. The van der Waals surface area contributed by atoms with Gasteiger partial charge in [-0.3, -0.25) is 4.98 Å². The Morgan fingerprint density at radius 2 is 2.42 bits per heavy atom. The van der Waals surface area contributed by atoms with Gasteiger partial charge in [-0.2, -0.15) is 0 Å². The van der Waals surface area contributed by atoms with Crippen molar-refractivity contribution >= 4 is 0 Å². The van der Waals surface area contributed by atoms with Gasteiger partial charge in [0.05, 0.1) is 12.3 Å². The lowest BCUT2D eigenvalue weighted by Crippen LogP contribution is -2.10. The van der Waals surface area contributed by atoms with Crippen molar-refractivity contribution in [3.63, 3.8) is 0 Å². The van der Waals surface area contributed by atoms with Crippen LogP contribution < -0.4 is 5.73 Å². The molecule has 1 atom stereocenters. The van der Waals surface area contributed by atoms with Crippen LogP contribution in [0.5, 0.6) is 0 Å². The molecule has 0 saturated heterocycles. The Hall–Kier alpha value is -0.930. The van der Waals surface area contributed by atoms with Gasteiger partial charge in [0, 0.05) is 12.2 Å². The SMILES string of the molecule is CC[C@@H](N)c1cc(CO)ccn1. The van der Waals surface area contributed by atoms with Gasteiger partial charge in [0.25, 0.3) is 0 Å². The first-order chi connectivity index (χ1) is 5.77. The molecule has 0 aliphatic carbocycles. The summed E-state index contributed by atoms with van der Waals surface area (Å²) in [7, 11) is 0. The van der Waals surface area contributed by atoms with E-state index in [9.17, 15) is 0 Å². The molecule has 0 aliphatic rings. The van der Waals surface area contributed by atoms with Gasteiger partial charge in [-0.15, -0.1) is 0 Å². The zero-order valence-corrected chi connectivity index (χ0v) is 7.20. The summed E-state index contributed by atoms with van der Waals surface area (Å²) in [6, 6.07) is 3.61. The fourth-order valence-corrected chi connectivity index (χ4v) is 1.00. The molecular weight excluding hydrogens is 152 g/mol. The van der Waals surface area contributed by atoms with Crippen molar-refractivity contribution in [2.45, 2.75) is 26.0 Å². The fourth-order valence-electron chi connectivity index (χ4n) is 1.00. The second-order valence-electron chi connectivity index (χ2n) is 2.76. The number of hydrogen-bond donors (Lipinski definition) is 2. The van der Waals surface area contributed by atoms with Crippen LogP contribution in [0.1, 0.15) is 30.6 Å². The van der Waals surface area contributed by atoms with Crippen LogP contribution in [-0.2, 0) is 6.61 Å². The van der Waals surface area contributed by atoms with E-state index in [0.717, 1.165) is 17.7 Å². The van der Waals surface area contributed by atoms with Gasteiger partial charge in [-0.05, 0) is 24.1 Å². The van der Waals surface area contributed by atoms with Crippen molar-refractivity contribution in [3.05, 3.63) is 29.6 Å². The van der Waals surface area contributed by atoms with Crippen LogP contribution in [0.15, 0.2) is 18.3 Å². The van der Waals surface area contributed by atoms with E-state index in [0.29, 0.717) is 0 Å². The summed E-state index contributed by atoms with van der Waals surface area (Å²) in [6.45, 7) is 2.06. The number of hydrogen-bond acceptors (Lipinski definition) is 3. The van der Waals surface area contributed by atoms with Crippen molar-refractivity contribution in [2.24, 2.45) is 5.73 Å². The molecule has 1 aromatic rings. The van der Waals surface area contributed by atoms with Gasteiger partial charge >= 0.3 is 0 Å². The molecule has 3 heteroatoms. The lowest BCUT2D eigenvalue weighted by Gasteiger charge is -2.08. The quantitative estimate of drug-likeness (QED) is 0.703. The highest BCUT2D eigenvalue weighted by Crippen LogP contribution is 2.11. The van der Waals surface area contributed by atoms with E-state index in [2.05, 4.69) is 4.98 Å². The van der Waals surface area contributed by atoms with Crippen molar-refractivity contribution in [1.82, 2.24) is 4.98 Å². The van der Waals surface area contributed by atoms with Crippen LogP contribution in [0.25, 0.3) is 0 Å². The van der Waals surface area contributed by atoms with E-state index in [1.807, 2.05) is 13.0 Å². The molecule has 12 heavy (non-hydrogen) atoms. The number of rotatable bonds is 3. The third-order valence-electron chi connectivity index (χ3n) is 1.85. The van der Waals surface area contributed by atoms with Gasteiger partial charge in [-0.25, -0.2) is 0 Å². The summed E-state index contributed by atoms with van der Waals surface area (Å²) in [4.78, 5) is 4.12. The minimum absolute atomic E-state index is 0.0171. The fraction of sp³-hybridized carbons (Fsp3) is 0.444. The lowest BCUT2D eigenvalue weighted by atomic mass is 10.1. The predicted molar refractivity (Wildman–Crippen MR) is 47.4 cm³/mol. The van der Waals surface area contributed by atoms with Crippen molar-refractivity contribution in [3.8, 4) is 0 Å². The Kier molecular flexibility index (Phi) is 3.19. The first-order valence-corrected chi connectivity index (χ1v) is 4.09. The van der Waals surface area contributed by atoms with Crippen LogP contribution in [-0.4, -0.2) is 10.1 Å². The molecule has 0 radical (unpaired) electrons. The number of aromatic nitrogens is 1. The van der Waals surface area contributed by atoms with Gasteiger partial charge in [0.15, 0.2) is 0 Å². The molecule has 0 fully saturated rings. The topological polar surface area (TPSA) is 59.1 Å². The van der Waals surface area contributed by atoms with E-state index in [1.54, 1.807) is 12.3 Å². The van der Waals surface area contributed by atoms with E-state index in [4.69, 9.17) is 10.8 Å². The van der Waals surface area contributed by atoms with Crippen LogP contribution in [0.3, 0.4) is 0 Å². The molecule has 0 aromatic carbocycles. The van der Waals surface area contributed by atoms with Gasteiger partial charge in [0.2, 0.25) is 0 Å². The van der Waals surface area contributed by atoms with Crippen LogP contribution in [0.2, 0.25) is 0 Å². The normalized spacial score (nSPS) is 12.9. The third kappa shape index (κ3) is 2.03. The Bertz CT molecular complexity index is 250. The first-order valence-electron chi connectivity index (χ1n) is 4.09. The maximum Gasteiger partial charge on any atom is 0.0683 e. The Morgan fingerprint density at radius 1 is 1.67 bits per heavy atom. The average molecular weight is 166 g/mol. The molecule has 0 aliphatic heterocycles. The minimum Gasteiger partial charge on any atom is -0.392 e. The monoisotopic (exact) mass is 166 g/mol. The van der Waals surface area contributed by atoms with Crippen LogP contribution >= 0.6 is 0 Å². The summed E-state index contributed by atoms with van der Waals surface area (Å²) in [5.74, 6) is 0. The first kappa shape index (κ1) is 9.16. The largest absolute Gasteiger partial charge is 0.392 e. The smallest absolute Gasteiger partial charge is 0.0683 e. The van der Waals surface area contributed by atoms with Gasteiger partial charge in [-0.1, -0.05) is 6.92 Å². The second kappa shape index (κ2) is 4.18. The van der Waals surface area contributed by atoms with E-state index >= 15 is 0 Å². The average Bonchev–Trinajstić information content (AvgIpc) is 2.17. The number of aliphatic hydroxyl groups excluding tert-OH is 1. The lowest BCUT2D eigenvalue weighted by molar-refractivity contribution is 0.281. The van der Waals surface area contributed by atoms with Crippen molar-refractivity contribution in [1.29, 1.82) is 0 Å². The predicted octanol–water partition coefficient (Wildman–Crippen LogP) is 0.984. The maximum atomic E-state index is 8.85. The standard InChI is InChI=1S/C9H14N2O/c1-2-8(10)9-5-7(6-12)3-4-11-9/h3-5,8,12H,2,6,10H2,1H3/t8-/m1/s1. The van der Waals surface area contributed by atoms with E-state index < -0.39 is 0 Å². The molecule has 1 heterocycles. The number of aliphatic hydroxyl groups is 1. The highest BCUT2D eigenvalue weighted by Gasteiger charge is 2.04. The van der Waals surface area contributed by atoms with Crippen LogP contribution in [0.4, 0.5) is 0 Å². The highest BCUT2D eigenvalue weighted by molar-refractivity contribution is 5.17. The van der Waals surface area contributed by atoms with Gasteiger partial charge < -0.3 is 10.8 Å². The van der Waals surface area contributed by atoms with E-state index in [-0.39, 0.29) is 12.6 Å². The molecule has 0 bridgehead atoms. The highest BCUT2D eigenvalue weighted by atomic mass is 16.3. The number of pyridine rings is 1. The van der Waals surface area contributed by atoms with Crippen LogP contribution in [0, 0.1) is 0 Å². The van der Waals surface area contributed by atoms with Crippen molar-refractivity contribution < 1.29 is 5.11 Å². The summed E-state index contributed by atoms with van der Waals surface area (Å²) in [5.41, 5.74) is 7.49. The summed E-state index contributed by atoms with van der Waals surface area (Å²) < 4.78 is 0. The maximum absolute atomic E-state index is 8.85. The van der Waals surface area contributed by atoms with Gasteiger partial charge in [0.1, 0.15) is 0 Å².